The molecular weight excluding hydrogens is 206 g/mol. The molecule has 0 aliphatic rings. The predicted molar refractivity (Wildman–Crippen MR) is 62.2 cm³/mol. The first-order valence-corrected chi connectivity index (χ1v) is 5.24. The standard InChI is InChI=1S/C11H17N3O2/c1-7(2)9(5-12)14-11(16)8-3-4-10(15)13-6-8/h3-4,6-7,9H,5,12H2,1-2H3,(H,13,15)(H,14,16). The summed E-state index contributed by atoms with van der Waals surface area (Å²) in [7, 11) is 0. The molecule has 88 valence electrons. The van der Waals surface area contributed by atoms with E-state index in [4.69, 9.17) is 5.73 Å². The summed E-state index contributed by atoms with van der Waals surface area (Å²) in [6, 6.07) is 2.75. The van der Waals surface area contributed by atoms with E-state index in [1.165, 1.54) is 18.3 Å². The number of H-pyrrole nitrogens is 1. The molecular formula is C11H17N3O2. The van der Waals surface area contributed by atoms with Gasteiger partial charge in [0.15, 0.2) is 0 Å². The summed E-state index contributed by atoms with van der Waals surface area (Å²) < 4.78 is 0. The number of aromatic nitrogens is 1. The molecule has 0 bridgehead atoms. The molecule has 1 amide bonds. The molecule has 1 heterocycles. The van der Waals surface area contributed by atoms with Crippen molar-refractivity contribution in [1.82, 2.24) is 10.3 Å². The minimum Gasteiger partial charge on any atom is -0.348 e. The van der Waals surface area contributed by atoms with E-state index < -0.39 is 0 Å². The molecule has 0 spiro atoms. The maximum atomic E-state index is 11.7. The van der Waals surface area contributed by atoms with Crippen LogP contribution in [0.3, 0.4) is 0 Å². The zero-order valence-electron chi connectivity index (χ0n) is 9.49. The molecule has 4 N–H and O–H groups in total. The second-order valence-electron chi connectivity index (χ2n) is 4.00. The molecule has 0 saturated heterocycles. The van der Waals surface area contributed by atoms with Crippen LogP contribution >= 0.6 is 0 Å². The predicted octanol–water partition coefficient (Wildman–Crippen LogP) is 0.0880. The van der Waals surface area contributed by atoms with Crippen molar-refractivity contribution in [2.45, 2.75) is 19.9 Å². The number of hydrogen-bond donors (Lipinski definition) is 3. The van der Waals surface area contributed by atoms with Crippen molar-refractivity contribution in [3.8, 4) is 0 Å². The lowest BCUT2D eigenvalue weighted by molar-refractivity contribution is 0.0927. The molecule has 0 aliphatic carbocycles. The molecule has 0 aliphatic heterocycles. The minimum absolute atomic E-state index is 0.0561. The van der Waals surface area contributed by atoms with Crippen LogP contribution in [0.5, 0.6) is 0 Å². The summed E-state index contributed by atoms with van der Waals surface area (Å²) in [6.07, 6.45) is 1.39. The number of rotatable bonds is 4. The average Bonchev–Trinajstić information content (AvgIpc) is 2.26. The van der Waals surface area contributed by atoms with E-state index in [0.29, 0.717) is 12.1 Å². The lowest BCUT2D eigenvalue weighted by atomic mass is 10.0. The van der Waals surface area contributed by atoms with Gasteiger partial charge in [-0.1, -0.05) is 13.8 Å². The van der Waals surface area contributed by atoms with Gasteiger partial charge in [0.25, 0.3) is 5.91 Å². The van der Waals surface area contributed by atoms with Gasteiger partial charge >= 0.3 is 0 Å². The molecule has 1 aromatic heterocycles. The molecule has 1 unspecified atom stereocenters. The van der Waals surface area contributed by atoms with Crippen molar-refractivity contribution in [1.29, 1.82) is 0 Å². The van der Waals surface area contributed by atoms with E-state index in [0.717, 1.165) is 0 Å². The largest absolute Gasteiger partial charge is 0.348 e. The molecule has 0 fully saturated rings. The van der Waals surface area contributed by atoms with Crippen LogP contribution in [0.2, 0.25) is 0 Å². The van der Waals surface area contributed by atoms with Gasteiger partial charge in [0.1, 0.15) is 0 Å². The number of amides is 1. The average molecular weight is 223 g/mol. The van der Waals surface area contributed by atoms with Gasteiger partial charge in [-0.2, -0.15) is 0 Å². The summed E-state index contributed by atoms with van der Waals surface area (Å²) in [6.45, 7) is 4.38. The second-order valence-corrected chi connectivity index (χ2v) is 4.00. The molecule has 0 saturated carbocycles. The van der Waals surface area contributed by atoms with E-state index >= 15 is 0 Å². The van der Waals surface area contributed by atoms with Crippen LogP contribution in [-0.2, 0) is 0 Å². The summed E-state index contributed by atoms with van der Waals surface area (Å²) in [5.41, 5.74) is 5.75. The molecule has 0 radical (unpaired) electrons. The molecule has 1 aromatic rings. The molecule has 0 aromatic carbocycles. The van der Waals surface area contributed by atoms with Crippen LogP contribution in [0, 0.1) is 5.92 Å². The van der Waals surface area contributed by atoms with Crippen LogP contribution in [0.25, 0.3) is 0 Å². The molecule has 16 heavy (non-hydrogen) atoms. The zero-order chi connectivity index (χ0) is 12.1. The molecule has 1 rings (SSSR count). The van der Waals surface area contributed by atoms with Crippen molar-refractivity contribution >= 4 is 5.91 Å². The van der Waals surface area contributed by atoms with Gasteiger partial charge in [0.05, 0.1) is 5.56 Å². The van der Waals surface area contributed by atoms with E-state index in [-0.39, 0.29) is 23.4 Å². The third-order valence-electron chi connectivity index (χ3n) is 2.42. The van der Waals surface area contributed by atoms with Crippen molar-refractivity contribution in [2.24, 2.45) is 11.7 Å². The van der Waals surface area contributed by atoms with Gasteiger partial charge in [-0.3, -0.25) is 9.59 Å². The van der Waals surface area contributed by atoms with Crippen LogP contribution < -0.4 is 16.6 Å². The third kappa shape index (κ3) is 3.20. The van der Waals surface area contributed by atoms with Crippen molar-refractivity contribution < 1.29 is 4.79 Å². The Morgan fingerprint density at radius 3 is 2.62 bits per heavy atom. The highest BCUT2D eigenvalue weighted by Crippen LogP contribution is 2.01. The van der Waals surface area contributed by atoms with Crippen molar-refractivity contribution in [3.63, 3.8) is 0 Å². The Bertz CT molecular complexity index is 391. The fourth-order valence-electron chi connectivity index (χ4n) is 1.30. The zero-order valence-corrected chi connectivity index (χ0v) is 9.49. The molecule has 5 heteroatoms. The number of nitrogens with two attached hydrogens (primary N) is 1. The number of aromatic amines is 1. The highest BCUT2D eigenvalue weighted by Gasteiger charge is 2.15. The van der Waals surface area contributed by atoms with E-state index in [1.807, 2.05) is 13.8 Å². The smallest absolute Gasteiger partial charge is 0.253 e. The fraction of sp³-hybridized carbons (Fsp3) is 0.455. The van der Waals surface area contributed by atoms with Crippen LogP contribution in [0.1, 0.15) is 24.2 Å². The topological polar surface area (TPSA) is 88.0 Å². The van der Waals surface area contributed by atoms with Gasteiger partial charge in [-0.15, -0.1) is 0 Å². The Morgan fingerprint density at radius 1 is 1.50 bits per heavy atom. The lowest BCUT2D eigenvalue weighted by Gasteiger charge is -2.20. The Kier molecular flexibility index (Phi) is 4.25. The fourth-order valence-corrected chi connectivity index (χ4v) is 1.30. The van der Waals surface area contributed by atoms with E-state index in [9.17, 15) is 9.59 Å². The Morgan fingerprint density at radius 2 is 2.19 bits per heavy atom. The number of pyridine rings is 1. The van der Waals surface area contributed by atoms with Gasteiger partial charge < -0.3 is 16.0 Å². The number of carbonyl (C=O) groups is 1. The first kappa shape index (κ1) is 12.4. The van der Waals surface area contributed by atoms with E-state index in [2.05, 4.69) is 10.3 Å². The minimum atomic E-state index is -0.226. The Balaban J connectivity index is 2.71. The van der Waals surface area contributed by atoms with Gasteiger partial charge in [-0.05, 0) is 12.0 Å². The quantitative estimate of drug-likeness (QED) is 0.676. The van der Waals surface area contributed by atoms with Gasteiger partial charge in [0, 0.05) is 24.8 Å². The Labute approximate surface area is 94.1 Å². The first-order valence-electron chi connectivity index (χ1n) is 5.24. The second kappa shape index (κ2) is 5.46. The number of nitrogens with one attached hydrogen (secondary N) is 2. The maximum absolute atomic E-state index is 11.7. The van der Waals surface area contributed by atoms with Crippen LogP contribution in [0.15, 0.2) is 23.1 Å². The Hall–Kier alpha value is -1.62. The highest BCUT2D eigenvalue weighted by molar-refractivity contribution is 5.94. The van der Waals surface area contributed by atoms with Crippen molar-refractivity contribution in [2.75, 3.05) is 6.54 Å². The van der Waals surface area contributed by atoms with Crippen LogP contribution in [0.4, 0.5) is 0 Å². The number of hydrogen-bond acceptors (Lipinski definition) is 3. The van der Waals surface area contributed by atoms with Gasteiger partial charge in [-0.25, -0.2) is 0 Å². The maximum Gasteiger partial charge on any atom is 0.253 e. The number of carbonyl (C=O) groups excluding carboxylic acids is 1. The highest BCUT2D eigenvalue weighted by atomic mass is 16.2. The van der Waals surface area contributed by atoms with Gasteiger partial charge in [0.2, 0.25) is 5.56 Å². The first-order chi connectivity index (χ1) is 7.54. The molecule has 5 nitrogen and oxygen atoms in total. The monoisotopic (exact) mass is 223 g/mol. The van der Waals surface area contributed by atoms with Crippen LogP contribution in [-0.4, -0.2) is 23.5 Å². The summed E-state index contributed by atoms with van der Waals surface area (Å²) >= 11 is 0. The normalized spacial score (nSPS) is 12.5. The lowest BCUT2D eigenvalue weighted by Crippen LogP contribution is -2.43. The third-order valence-corrected chi connectivity index (χ3v) is 2.42. The molecule has 1 atom stereocenters. The van der Waals surface area contributed by atoms with Crippen molar-refractivity contribution in [3.05, 3.63) is 34.2 Å². The summed E-state index contributed by atoms with van der Waals surface area (Å²) in [4.78, 5) is 25.0. The summed E-state index contributed by atoms with van der Waals surface area (Å²) in [5, 5.41) is 2.82. The SMILES string of the molecule is CC(C)C(CN)NC(=O)c1ccc(=O)[nH]c1. The van der Waals surface area contributed by atoms with E-state index in [1.54, 1.807) is 0 Å². The summed E-state index contributed by atoms with van der Waals surface area (Å²) in [5.74, 6) is 0.0529.